The zero-order valence-corrected chi connectivity index (χ0v) is 16.6. The minimum atomic E-state index is -0.721. The van der Waals surface area contributed by atoms with Gasteiger partial charge in [-0.15, -0.1) is 11.3 Å². The van der Waals surface area contributed by atoms with Crippen LogP contribution in [0.4, 0.5) is 4.79 Å². The summed E-state index contributed by atoms with van der Waals surface area (Å²) in [6.45, 7) is 7.96. The molecule has 3 rings (SSSR count). The molecule has 1 saturated carbocycles. The van der Waals surface area contributed by atoms with E-state index in [1.807, 2.05) is 19.1 Å². The maximum absolute atomic E-state index is 13.2. The normalized spacial score (nSPS) is 25.9. The number of nitrogens with one attached hydrogen (secondary N) is 1. The van der Waals surface area contributed by atoms with E-state index in [4.69, 9.17) is 11.6 Å². The van der Waals surface area contributed by atoms with E-state index >= 15 is 0 Å². The maximum atomic E-state index is 13.2. The van der Waals surface area contributed by atoms with Crippen molar-refractivity contribution in [2.45, 2.75) is 52.1 Å². The Morgan fingerprint density at radius 1 is 1.32 bits per heavy atom. The van der Waals surface area contributed by atoms with Gasteiger partial charge in [0.2, 0.25) is 0 Å². The Balaban J connectivity index is 1.75. The van der Waals surface area contributed by atoms with Crippen LogP contribution in [0.15, 0.2) is 12.1 Å². The first-order valence-corrected chi connectivity index (χ1v) is 10.2. The second-order valence-corrected chi connectivity index (χ2v) is 9.06. The van der Waals surface area contributed by atoms with Crippen molar-refractivity contribution >= 4 is 34.9 Å². The van der Waals surface area contributed by atoms with Gasteiger partial charge in [0, 0.05) is 11.4 Å². The number of carbonyl (C=O) groups excluding carboxylic acids is 2. The molecular weight excluding hydrogens is 358 g/mol. The van der Waals surface area contributed by atoms with Crippen molar-refractivity contribution in [2.24, 2.45) is 11.8 Å². The number of nitrogens with zero attached hydrogens (tertiary/aromatic N) is 2. The van der Waals surface area contributed by atoms with Crippen molar-refractivity contribution in [1.82, 2.24) is 15.1 Å². The zero-order chi connectivity index (χ0) is 18.2. The molecule has 0 radical (unpaired) electrons. The van der Waals surface area contributed by atoms with E-state index in [0.29, 0.717) is 13.2 Å². The highest BCUT2D eigenvalue weighted by molar-refractivity contribution is 7.16. The van der Waals surface area contributed by atoms with Crippen LogP contribution < -0.4 is 5.32 Å². The van der Waals surface area contributed by atoms with Crippen molar-refractivity contribution in [2.75, 3.05) is 13.2 Å². The lowest BCUT2D eigenvalue weighted by atomic mass is 9.67. The Hall–Kier alpha value is -1.11. The highest BCUT2D eigenvalue weighted by atomic mass is 35.5. The summed E-state index contributed by atoms with van der Waals surface area (Å²) in [5.41, 5.74) is -0.721. The number of urea groups is 1. The maximum Gasteiger partial charge on any atom is 0.326 e. The van der Waals surface area contributed by atoms with Crippen LogP contribution >= 0.6 is 22.9 Å². The van der Waals surface area contributed by atoms with Crippen LogP contribution in [-0.4, -0.2) is 40.5 Å². The molecule has 1 saturated heterocycles. The Kier molecular flexibility index (Phi) is 5.42. The van der Waals surface area contributed by atoms with E-state index in [1.165, 1.54) is 16.2 Å². The molecule has 2 aliphatic rings. The number of imide groups is 1. The summed E-state index contributed by atoms with van der Waals surface area (Å²) >= 11 is 7.54. The number of carbonyl (C=O) groups is 2. The second-order valence-electron chi connectivity index (χ2n) is 7.26. The van der Waals surface area contributed by atoms with Crippen molar-refractivity contribution < 1.29 is 9.59 Å². The summed E-state index contributed by atoms with van der Waals surface area (Å²) in [4.78, 5) is 30.5. The lowest BCUT2D eigenvalue weighted by Gasteiger charge is -2.42. The SMILES string of the molecule is CCN(Cc1ccc(Cl)s1)CN1C(=O)NC2(C1=O)[C@@H](C)CCC[C@@H]2C. The van der Waals surface area contributed by atoms with Gasteiger partial charge in [0.15, 0.2) is 0 Å². The molecule has 1 aliphatic heterocycles. The number of amides is 3. The Morgan fingerprint density at radius 2 is 2.00 bits per heavy atom. The molecule has 1 aromatic heterocycles. The third kappa shape index (κ3) is 3.32. The molecule has 0 unspecified atom stereocenters. The zero-order valence-electron chi connectivity index (χ0n) is 15.0. The van der Waals surface area contributed by atoms with Gasteiger partial charge in [0.1, 0.15) is 5.54 Å². The van der Waals surface area contributed by atoms with E-state index in [-0.39, 0.29) is 23.8 Å². The number of hydrogen-bond donors (Lipinski definition) is 1. The number of halogens is 1. The van der Waals surface area contributed by atoms with Crippen LogP contribution in [0.2, 0.25) is 4.34 Å². The van der Waals surface area contributed by atoms with E-state index in [1.54, 1.807) is 0 Å². The van der Waals surface area contributed by atoms with Crippen molar-refractivity contribution in [1.29, 1.82) is 0 Å². The largest absolute Gasteiger partial charge is 0.326 e. The molecule has 2 atom stereocenters. The summed E-state index contributed by atoms with van der Waals surface area (Å²) in [6.07, 6.45) is 3.08. The molecule has 0 aromatic carbocycles. The van der Waals surface area contributed by atoms with Gasteiger partial charge in [-0.05, 0) is 43.4 Å². The molecule has 7 heteroatoms. The molecule has 1 aliphatic carbocycles. The Morgan fingerprint density at radius 3 is 2.56 bits per heavy atom. The van der Waals surface area contributed by atoms with E-state index < -0.39 is 5.54 Å². The number of hydrogen-bond acceptors (Lipinski definition) is 4. The van der Waals surface area contributed by atoms with E-state index in [0.717, 1.165) is 35.0 Å². The van der Waals surface area contributed by atoms with Gasteiger partial charge in [-0.2, -0.15) is 0 Å². The average molecular weight is 384 g/mol. The van der Waals surface area contributed by atoms with Crippen LogP contribution in [-0.2, 0) is 11.3 Å². The predicted molar refractivity (Wildman–Crippen MR) is 101 cm³/mol. The van der Waals surface area contributed by atoms with Gasteiger partial charge < -0.3 is 5.32 Å². The first-order chi connectivity index (χ1) is 11.9. The summed E-state index contributed by atoms with van der Waals surface area (Å²) < 4.78 is 0.754. The topological polar surface area (TPSA) is 52.6 Å². The highest BCUT2D eigenvalue weighted by Gasteiger charge is 2.58. The standard InChI is InChI=1S/C18H26ClN3O2S/c1-4-21(10-14-8-9-15(19)25-14)11-22-16(23)18(20-17(22)24)12(2)6-5-7-13(18)3/h8-9,12-13H,4-7,10-11H2,1-3H3,(H,20,24)/t12-,13-/m0/s1. The van der Waals surface area contributed by atoms with E-state index in [9.17, 15) is 9.59 Å². The quantitative estimate of drug-likeness (QED) is 0.784. The van der Waals surface area contributed by atoms with Crippen LogP contribution in [0.1, 0.15) is 44.9 Å². The summed E-state index contributed by atoms with van der Waals surface area (Å²) in [7, 11) is 0. The van der Waals surface area contributed by atoms with E-state index in [2.05, 4.69) is 24.1 Å². The molecule has 1 N–H and O–H groups in total. The average Bonchev–Trinajstić information content (AvgIpc) is 3.08. The fourth-order valence-corrected chi connectivity index (χ4v) is 5.33. The third-order valence-electron chi connectivity index (χ3n) is 5.78. The van der Waals surface area contributed by atoms with Gasteiger partial charge in [0.05, 0.1) is 11.0 Å². The number of thiophene rings is 1. The van der Waals surface area contributed by atoms with Gasteiger partial charge in [0.25, 0.3) is 5.91 Å². The minimum Gasteiger partial charge on any atom is -0.323 e. The van der Waals surface area contributed by atoms with Crippen molar-refractivity contribution in [3.05, 3.63) is 21.3 Å². The van der Waals surface area contributed by atoms with Crippen LogP contribution in [0.3, 0.4) is 0 Å². The highest BCUT2D eigenvalue weighted by Crippen LogP contribution is 2.42. The first-order valence-electron chi connectivity index (χ1n) is 8.99. The van der Waals surface area contributed by atoms with Crippen molar-refractivity contribution in [3.8, 4) is 0 Å². The first kappa shape index (κ1) is 18.7. The molecule has 2 fully saturated rings. The molecule has 1 spiro atoms. The summed E-state index contributed by atoms with van der Waals surface area (Å²) in [5.74, 6) is 0.285. The molecule has 3 amide bonds. The predicted octanol–water partition coefficient (Wildman–Crippen LogP) is 3.93. The lowest BCUT2D eigenvalue weighted by molar-refractivity contribution is -0.138. The molecule has 138 valence electrons. The van der Waals surface area contributed by atoms with Crippen LogP contribution in [0.5, 0.6) is 0 Å². The van der Waals surface area contributed by atoms with Gasteiger partial charge in [-0.1, -0.05) is 38.8 Å². The molecule has 2 heterocycles. The second kappa shape index (κ2) is 7.25. The molecule has 5 nitrogen and oxygen atoms in total. The van der Waals surface area contributed by atoms with Gasteiger partial charge in [-0.3, -0.25) is 9.69 Å². The molecule has 25 heavy (non-hydrogen) atoms. The van der Waals surface area contributed by atoms with Crippen LogP contribution in [0, 0.1) is 11.8 Å². The van der Waals surface area contributed by atoms with Crippen molar-refractivity contribution in [3.63, 3.8) is 0 Å². The Labute approximate surface area is 158 Å². The lowest BCUT2D eigenvalue weighted by Crippen LogP contribution is -2.59. The van der Waals surface area contributed by atoms with Gasteiger partial charge >= 0.3 is 6.03 Å². The minimum absolute atomic E-state index is 0.0557. The fraction of sp³-hybridized carbons (Fsp3) is 0.667. The fourth-order valence-electron chi connectivity index (χ4n) is 4.20. The molecular formula is C18H26ClN3O2S. The molecule has 0 bridgehead atoms. The monoisotopic (exact) mass is 383 g/mol. The van der Waals surface area contributed by atoms with Crippen LogP contribution in [0.25, 0.3) is 0 Å². The summed E-state index contributed by atoms with van der Waals surface area (Å²) in [6, 6.07) is 3.62. The Bertz CT molecular complexity index is 653. The third-order valence-corrected chi connectivity index (χ3v) is 7.00. The van der Waals surface area contributed by atoms with Gasteiger partial charge in [-0.25, -0.2) is 9.69 Å². The summed E-state index contributed by atoms with van der Waals surface area (Å²) in [5, 5.41) is 3.06. The number of rotatable bonds is 5. The molecule has 1 aromatic rings. The smallest absolute Gasteiger partial charge is 0.323 e.